The summed E-state index contributed by atoms with van der Waals surface area (Å²) in [7, 11) is 0. The molecular weight excluding hydrogens is 132 g/mol. The molecule has 58 valence electrons. The highest BCUT2D eigenvalue weighted by Crippen LogP contribution is 2.30. The van der Waals surface area contributed by atoms with Gasteiger partial charge in [0.2, 0.25) is 0 Å². The van der Waals surface area contributed by atoms with Gasteiger partial charge in [0.05, 0.1) is 5.92 Å². The minimum atomic E-state index is -0.468. The molecule has 1 aliphatic rings. The van der Waals surface area contributed by atoms with Crippen molar-refractivity contribution in [1.29, 1.82) is 0 Å². The molecule has 1 saturated carbocycles. The van der Waals surface area contributed by atoms with Crippen molar-refractivity contribution in [3.63, 3.8) is 0 Å². The van der Waals surface area contributed by atoms with Crippen LogP contribution in [-0.2, 0) is 9.68 Å². The summed E-state index contributed by atoms with van der Waals surface area (Å²) in [5.74, 6) is 0.0773. The number of carbonyl (C=O) groups excluding carboxylic acids is 1. The van der Waals surface area contributed by atoms with E-state index >= 15 is 0 Å². The van der Waals surface area contributed by atoms with Crippen LogP contribution >= 0.6 is 0 Å². The van der Waals surface area contributed by atoms with E-state index in [4.69, 9.17) is 5.26 Å². The van der Waals surface area contributed by atoms with Gasteiger partial charge in [-0.2, -0.15) is 5.26 Å². The van der Waals surface area contributed by atoms with Gasteiger partial charge in [-0.25, -0.2) is 4.79 Å². The van der Waals surface area contributed by atoms with Crippen molar-refractivity contribution in [2.45, 2.75) is 26.2 Å². The van der Waals surface area contributed by atoms with Gasteiger partial charge in [0.15, 0.2) is 0 Å². The molecule has 0 aromatic carbocycles. The van der Waals surface area contributed by atoms with Gasteiger partial charge in [-0.3, -0.25) is 0 Å². The molecule has 0 radical (unpaired) electrons. The Hall–Kier alpha value is -0.570. The van der Waals surface area contributed by atoms with Crippen molar-refractivity contribution in [3.8, 4) is 0 Å². The Morgan fingerprint density at radius 3 is 2.70 bits per heavy atom. The van der Waals surface area contributed by atoms with Gasteiger partial charge >= 0.3 is 5.97 Å². The lowest BCUT2D eigenvalue weighted by Gasteiger charge is -2.02. The number of rotatable bonds is 1. The van der Waals surface area contributed by atoms with Crippen LogP contribution in [0.4, 0.5) is 0 Å². The topological polar surface area (TPSA) is 46.5 Å². The summed E-state index contributed by atoms with van der Waals surface area (Å²) in [5, 5.41) is 8.03. The third-order valence-corrected chi connectivity index (χ3v) is 2.12. The number of hydrogen-bond acceptors (Lipinski definition) is 3. The Morgan fingerprint density at radius 2 is 2.30 bits per heavy atom. The van der Waals surface area contributed by atoms with Gasteiger partial charge in [-0.1, -0.05) is 6.92 Å². The summed E-state index contributed by atoms with van der Waals surface area (Å²) < 4.78 is 0. The molecule has 10 heavy (non-hydrogen) atoms. The van der Waals surface area contributed by atoms with Crippen molar-refractivity contribution in [3.05, 3.63) is 0 Å². The van der Waals surface area contributed by atoms with Crippen LogP contribution in [0, 0.1) is 11.8 Å². The largest absolute Gasteiger partial charge is 0.345 e. The Labute approximate surface area is 59.9 Å². The van der Waals surface area contributed by atoms with E-state index in [1.807, 2.05) is 0 Å². The summed E-state index contributed by atoms with van der Waals surface area (Å²) in [6.07, 6.45) is 2.79. The van der Waals surface area contributed by atoms with Crippen LogP contribution in [-0.4, -0.2) is 11.2 Å². The van der Waals surface area contributed by atoms with Crippen molar-refractivity contribution < 1.29 is 14.9 Å². The first-order valence-electron chi connectivity index (χ1n) is 3.59. The van der Waals surface area contributed by atoms with E-state index in [0.717, 1.165) is 19.3 Å². The van der Waals surface area contributed by atoms with Crippen molar-refractivity contribution in [2.24, 2.45) is 11.8 Å². The minimum Gasteiger partial charge on any atom is -0.301 e. The minimum absolute atomic E-state index is 0.0556. The maximum atomic E-state index is 10.7. The summed E-state index contributed by atoms with van der Waals surface area (Å²) in [4.78, 5) is 14.3. The number of carbonyl (C=O) groups is 1. The fourth-order valence-electron chi connectivity index (χ4n) is 1.50. The summed E-state index contributed by atoms with van der Waals surface area (Å²) in [6, 6.07) is 0. The van der Waals surface area contributed by atoms with Gasteiger partial charge in [0.25, 0.3) is 0 Å². The van der Waals surface area contributed by atoms with E-state index in [2.05, 4.69) is 11.8 Å². The monoisotopic (exact) mass is 144 g/mol. The Morgan fingerprint density at radius 1 is 1.60 bits per heavy atom. The van der Waals surface area contributed by atoms with Crippen LogP contribution in [0.25, 0.3) is 0 Å². The van der Waals surface area contributed by atoms with Crippen molar-refractivity contribution in [2.75, 3.05) is 0 Å². The molecule has 3 heteroatoms. The molecule has 0 aromatic heterocycles. The molecular formula is C7H12O3. The van der Waals surface area contributed by atoms with Gasteiger partial charge in [0.1, 0.15) is 0 Å². The molecule has 1 aliphatic carbocycles. The molecule has 0 saturated heterocycles. The van der Waals surface area contributed by atoms with Gasteiger partial charge in [0, 0.05) is 0 Å². The van der Waals surface area contributed by atoms with E-state index in [1.165, 1.54) is 0 Å². The second-order valence-electron chi connectivity index (χ2n) is 3.03. The Kier molecular flexibility index (Phi) is 2.27. The second-order valence-corrected chi connectivity index (χ2v) is 3.03. The quantitative estimate of drug-likeness (QED) is 0.447. The fourth-order valence-corrected chi connectivity index (χ4v) is 1.50. The first-order chi connectivity index (χ1) is 4.74. The fraction of sp³-hybridized carbons (Fsp3) is 0.857. The summed E-state index contributed by atoms with van der Waals surface area (Å²) in [6.45, 7) is 2.10. The van der Waals surface area contributed by atoms with Crippen LogP contribution in [0.5, 0.6) is 0 Å². The molecule has 0 aromatic rings. The van der Waals surface area contributed by atoms with Crippen LogP contribution in [0.1, 0.15) is 26.2 Å². The van der Waals surface area contributed by atoms with Crippen LogP contribution in [0.3, 0.4) is 0 Å². The Bertz CT molecular complexity index is 133. The number of hydrogen-bond donors (Lipinski definition) is 1. The summed E-state index contributed by atoms with van der Waals surface area (Å²) >= 11 is 0. The van der Waals surface area contributed by atoms with Crippen molar-refractivity contribution >= 4 is 5.97 Å². The summed E-state index contributed by atoms with van der Waals surface area (Å²) in [5.41, 5.74) is 0. The lowest BCUT2D eigenvalue weighted by atomic mass is 10.1. The normalized spacial score (nSPS) is 32.2. The van der Waals surface area contributed by atoms with Gasteiger partial charge in [-0.15, -0.1) is 0 Å². The molecule has 3 nitrogen and oxygen atoms in total. The standard InChI is InChI=1S/C7H12O3/c1-5-2-3-6(4-5)7(8)10-9/h5-6,9H,2-4H2,1H3. The molecule has 1 fully saturated rings. The van der Waals surface area contributed by atoms with E-state index in [9.17, 15) is 4.79 Å². The van der Waals surface area contributed by atoms with Crippen molar-refractivity contribution in [1.82, 2.24) is 0 Å². The predicted molar refractivity (Wildman–Crippen MR) is 35.2 cm³/mol. The SMILES string of the molecule is CC1CCC(C(=O)OO)C1. The molecule has 0 aliphatic heterocycles. The van der Waals surface area contributed by atoms with E-state index in [0.29, 0.717) is 5.92 Å². The molecule has 0 heterocycles. The zero-order chi connectivity index (χ0) is 7.56. The zero-order valence-electron chi connectivity index (χ0n) is 6.04. The third-order valence-electron chi connectivity index (χ3n) is 2.12. The van der Waals surface area contributed by atoms with E-state index in [-0.39, 0.29) is 5.92 Å². The maximum Gasteiger partial charge on any atom is 0.345 e. The molecule has 0 amide bonds. The first kappa shape index (κ1) is 7.54. The molecule has 1 rings (SSSR count). The van der Waals surface area contributed by atoms with Crippen LogP contribution in [0.2, 0.25) is 0 Å². The molecule has 2 atom stereocenters. The van der Waals surface area contributed by atoms with E-state index < -0.39 is 5.97 Å². The van der Waals surface area contributed by atoms with Gasteiger partial charge in [-0.05, 0) is 25.2 Å². The lowest BCUT2D eigenvalue weighted by Crippen LogP contribution is -2.12. The molecule has 1 N–H and O–H groups in total. The molecule has 0 spiro atoms. The molecule has 0 bridgehead atoms. The highest BCUT2D eigenvalue weighted by molar-refractivity contribution is 5.71. The average molecular weight is 144 g/mol. The highest BCUT2D eigenvalue weighted by Gasteiger charge is 2.28. The van der Waals surface area contributed by atoms with Gasteiger partial charge < -0.3 is 4.89 Å². The zero-order valence-corrected chi connectivity index (χ0v) is 6.04. The lowest BCUT2D eigenvalue weighted by molar-refractivity contribution is -0.238. The third kappa shape index (κ3) is 1.48. The maximum absolute atomic E-state index is 10.7. The first-order valence-corrected chi connectivity index (χ1v) is 3.59. The smallest absolute Gasteiger partial charge is 0.301 e. The predicted octanol–water partition coefficient (Wildman–Crippen LogP) is 1.44. The Balaban J connectivity index is 2.37. The van der Waals surface area contributed by atoms with Crippen LogP contribution in [0.15, 0.2) is 0 Å². The van der Waals surface area contributed by atoms with Crippen LogP contribution < -0.4 is 0 Å². The second kappa shape index (κ2) is 3.01. The highest BCUT2D eigenvalue weighted by atomic mass is 17.1. The van der Waals surface area contributed by atoms with E-state index in [1.54, 1.807) is 0 Å². The molecule has 2 unspecified atom stereocenters. The average Bonchev–Trinajstić information content (AvgIpc) is 2.34.